The fourth-order valence-electron chi connectivity index (χ4n) is 4.18. The summed E-state index contributed by atoms with van der Waals surface area (Å²) in [7, 11) is 0. The number of hydrogen-bond donors (Lipinski definition) is 1. The molecule has 1 saturated carbocycles. The Morgan fingerprint density at radius 1 is 1.13 bits per heavy atom. The highest BCUT2D eigenvalue weighted by Gasteiger charge is 2.20. The van der Waals surface area contributed by atoms with E-state index in [1.165, 1.54) is 19.3 Å². The molecule has 1 fully saturated rings. The summed E-state index contributed by atoms with van der Waals surface area (Å²) < 4.78 is 9.15. The monoisotopic (exact) mass is 469 g/mol. The van der Waals surface area contributed by atoms with E-state index < -0.39 is 0 Å². The second-order valence-corrected chi connectivity index (χ2v) is 8.77. The Kier molecular flexibility index (Phi) is 7.05. The first-order valence-corrected chi connectivity index (χ1v) is 11.6. The van der Waals surface area contributed by atoms with Crippen molar-refractivity contribution in [1.29, 1.82) is 0 Å². The Hall–Kier alpha value is -2.34. The smallest absolute Gasteiger partial charge is 0.223 e. The SMILES string of the molecule is O=C(NCCc1nc2ccccc2n1CCOc1cccc(Br)c1)C1CCCCC1. The summed E-state index contributed by atoms with van der Waals surface area (Å²) in [6, 6.07) is 16.0. The van der Waals surface area contributed by atoms with E-state index >= 15 is 0 Å². The number of nitrogens with zero attached hydrogens (tertiary/aromatic N) is 2. The molecule has 1 aromatic heterocycles. The molecule has 30 heavy (non-hydrogen) atoms. The zero-order valence-electron chi connectivity index (χ0n) is 17.1. The Morgan fingerprint density at radius 3 is 2.80 bits per heavy atom. The van der Waals surface area contributed by atoms with Gasteiger partial charge in [0.25, 0.3) is 0 Å². The Bertz CT molecular complexity index is 995. The first-order chi connectivity index (χ1) is 14.7. The summed E-state index contributed by atoms with van der Waals surface area (Å²) in [4.78, 5) is 17.3. The molecule has 0 atom stereocenters. The van der Waals surface area contributed by atoms with Gasteiger partial charge in [0.05, 0.1) is 17.6 Å². The molecule has 1 aliphatic rings. The quantitative estimate of drug-likeness (QED) is 0.498. The molecule has 3 aromatic rings. The fraction of sp³-hybridized carbons (Fsp3) is 0.417. The average molecular weight is 470 g/mol. The van der Waals surface area contributed by atoms with Crippen LogP contribution < -0.4 is 10.1 Å². The van der Waals surface area contributed by atoms with E-state index in [-0.39, 0.29) is 11.8 Å². The van der Waals surface area contributed by atoms with Crippen LogP contribution >= 0.6 is 15.9 Å². The third kappa shape index (κ3) is 5.22. The number of benzene rings is 2. The molecular weight excluding hydrogens is 442 g/mol. The standard InChI is InChI=1S/C24H28BrN3O2/c25-19-9-6-10-20(17-19)30-16-15-28-22-12-5-4-11-21(22)27-23(28)13-14-26-24(29)18-7-2-1-3-8-18/h4-6,9-12,17-18H,1-3,7-8,13-16H2,(H,26,29). The van der Waals surface area contributed by atoms with E-state index in [0.29, 0.717) is 26.1 Å². The van der Waals surface area contributed by atoms with Gasteiger partial charge >= 0.3 is 0 Å². The molecule has 0 radical (unpaired) electrons. The molecule has 0 spiro atoms. The van der Waals surface area contributed by atoms with E-state index in [0.717, 1.165) is 39.9 Å². The van der Waals surface area contributed by atoms with Gasteiger partial charge in [0.1, 0.15) is 18.2 Å². The number of amides is 1. The lowest BCUT2D eigenvalue weighted by Crippen LogP contribution is -2.33. The molecule has 4 rings (SSSR count). The molecule has 1 heterocycles. The van der Waals surface area contributed by atoms with Crippen LogP contribution in [0.3, 0.4) is 0 Å². The van der Waals surface area contributed by atoms with Gasteiger partial charge in [-0.3, -0.25) is 4.79 Å². The maximum atomic E-state index is 12.4. The first kappa shape index (κ1) is 20.9. The van der Waals surface area contributed by atoms with Crippen LogP contribution in [0.15, 0.2) is 53.0 Å². The molecule has 6 heteroatoms. The van der Waals surface area contributed by atoms with Gasteiger partial charge in [-0.25, -0.2) is 4.98 Å². The highest BCUT2D eigenvalue weighted by atomic mass is 79.9. The van der Waals surface area contributed by atoms with Crippen molar-refractivity contribution < 1.29 is 9.53 Å². The number of carbonyl (C=O) groups excluding carboxylic acids is 1. The van der Waals surface area contributed by atoms with Gasteiger partial charge in [-0.15, -0.1) is 0 Å². The third-order valence-electron chi connectivity index (χ3n) is 5.74. The fourth-order valence-corrected chi connectivity index (χ4v) is 4.56. The molecule has 1 N–H and O–H groups in total. The Morgan fingerprint density at radius 2 is 1.97 bits per heavy atom. The van der Waals surface area contributed by atoms with Crippen LogP contribution in [0.2, 0.25) is 0 Å². The molecule has 158 valence electrons. The Balaban J connectivity index is 1.39. The van der Waals surface area contributed by atoms with Crippen LogP contribution in [0.25, 0.3) is 11.0 Å². The number of hydrogen-bond acceptors (Lipinski definition) is 3. The largest absolute Gasteiger partial charge is 0.492 e. The van der Waals surface area contributed by atoms with Crippen molar-refractivity contribution in [3.63, 3.8) is 0 Å². The van der Waals surface area contributed by atoms with Crippen molar-refractivity contribution in [3.05, 3.63) is 58.8 Å². The van der Waals surface area contributed by atoms with Crippen molar-refractivity contribution >= 4 is 32.9 Å². The van der Waals surface area contributed by atoms with Crippen molar-refractivity contribution in [2.45, 2.75) is 45.1 Å². The van der Waals surface area contributed by atoms with Crippen LogP contribution in [0.4, 0.5) is 0 Å². The van der Waals surface area contributed by atoms with Crippen molar-refractivity contribution in [3.8, 4) is 5.75 Å². The summed E-state index contributed by atoms with van der Waals surface area (Å²) in [6.07, 6.45) is 6.37. The van der Waals surface area contributed by atoms with E-state index in [4.69, 9.17) is 9.72 Å². The number of para-hydroxylation sites is 2. The number of imidazole rings is 1. The van der Waals surface area contributed by atoms with Gasteiger partial charge < -0.3 is 14.6 Å². The predicted molar refractivity (Wildman–Crippen MR) is 123 cm³/mol. The molecule has 0 unspecified atom stereocenters. The minimum absolute atomic E-state index is 0.191. The maximum Gasteiger partial charge on any atom is 0.223 e. The number of halogens is 1. The van der Waals surface area contributed by atoms with Gasteiger partial charge in [-0.2, -0.15) is 0 Å². The van der Waals surface area contributed by atoms with Crippen molar-refractivity contribution in [2.75, 3.05) is 13.2 Å². The minimum atomic E-state index is 0.191. The highest BCUT2D eigenvalue weighted by molar-refractivity contribution is 9.10. The van der Waals surface area contributed by atoms with Crippen LogP contribution in [-0.4, -0.2) is 28.6 Å². The second-order valence-electron chi connectivity index (χ2n) is 7.85. The topological polar surface area (TPSA) is 56.2 Å². The lowest BCUT2D eigenvalue weighted by molar-refractivity contribution is -0.125. The maximum absolute atomic E-state index is 12.4. The molecule has 1 aliphatic carbocycles. The lowest BCUT2D eigenvalue weighted by atomic mass is 9.89. The number of ether oxygens (including phenoxy) is 1. The van der Waals surface area contributed by atoms with Crippen molar-refractivity contribution in [2.24, 2.45) is 5.92 Å². The highest BCUT2D eigenvalue weighted by Crippen LogP contribution is 2.24. The zero-order valence-corrected chi connectivity index (χ0v) is 18.7. The number of carbonyl (C=O) groups is 1. The third-order valence-corrected chi connectivity index (χ3v) is 6.23. The molecule has 2 aromatic carbocycles. The number of fused-ring (bicyclic) bond motifs is 1. The predicted octanol–water partition coefficient (Wildman–Crippen LogP) is 5.12. The van der Waals surface area contributed by atoms with E-state index in [1.54, 1.807) is 0 Å². The van der Waals surface area contributed by atoms with Crippen LogP contribution in [0.1, 0.15) is 37.9 Å². The summed E-state index contributed by atoms with van der Waals surface area (Å²) in [6.45, 7) is 1.88. The summed E-state index contributed by atoms with van der Waals surface area (Å²) in [5.74, 6) is 2.22. The first-order valence-electron chi connectivity index (χ1n) is 10.8. The average Bonchev–Trinajstić information content (AvgIpc) is 3.12. The molecule has 0 saturated heterocycles. The normalized spacial score (nSPS) is 14.7. The van der Waals surface area contributed by atoms with E-state index in [9.17, 15) is 4.79 Å². The van der Waals surface area contributed by atoms with Crippen LogP contribution in [0, 0.1) is 5.92 Å². The number of rotatable bonds is 8. The van der Waals surface area contributed by atoms with E-state index in [1.807, 2.05) is 42.5 Å². The molecule has 0 aliphatic heterocycles. The molecule has 5 nitrogen and oxygen atoms in total. The minimum Gasteiger partial charge on any atom is -0.492 e. The van der Waals surface area contributed by atoms with Gasteiger partial charge in [-0.05, 0) is 43.2 Å². The summed E-state index contributed by atoms with van der Waals surface area (Å²) >= 11 is 3.48. The van der Waals surface area contributed by atoms with Gasteiger partial charge in [-0.1, -0.05) is 53.4 Å². The molecule has 1 amide bonds. The molecule has 0 bridgehead atoms. The van der Waals surface area contributed by atoms with E-state index in [2.05, 4.69) is 31.9 Å². The zero-order chi connectivity index (χ0) is 20.8. The molecular formula is C24H28BrN3O2. The summed E-state index contributed by atoms with van der Waals surface area (Å²) in [5, 5.41) is 3.13. The summed E-state index contributed by atoms with van der Waals surface area (Å²) in [5.41, 5.74) is 2.08. The van der Waals surface area contributed by atoms with Crippen LogP contribution in [-0.2, 0) is 17.8 Å². The van der Waals surface area contributed by atoms with Gasteiger partial charge in [0.15, 0.2) is 0 Å². The number of nitrogens with one attached hydrogen (secondary N) is 1. The number of aromatic nitrogens is 2. The Labute approximate surface area is 186 Å². The lowest BCUT2D eigenvalue weighted by Gasteiger charge is -2.20. The second kappa shape index (κ2) is 10.1. The van der Waals surface area contributed by atoms with Crippen LogP contribution in [0.5, 0.6) is 5.75 Å². The van der Waals surface area contributed by atoms with Gasteiger partial charge in [0, 0.05) is 23.4 Å². The van der Waals surface area contributed by atoms with Gasteiger partial charge in [0.2, 0.25) is 5.91 Å². The van der Waals surface area contributed by atoms with Crippen molar-refractivity contribution in [1.82, 2.24) is 14.9 Å².